The molecule has 4 nitrogen and oxygen atoms in total. The van der Waals surface area contributed by atoms with E-state index in [0.717, 1.165) is 29.9 Å². The van der Waals surface area contributed by atoms with E-state index in [9.17, 15) is 4.79 Å². The predicted molar refractivity (Wildman–Crippen MR) is 103 cm³/mol. The first-order valence-electron chi connectivity index (χ1n) is 9.21. The molecule has 1 N–H and O–H groups in total. The van der Waals surface area contributed by atoms with Crippen LogP contribution in [0.25, 0.3) is 0 Å². The molecular formula is C22H27NO3. The predicted octanol–water partition coefficient (Wildman–Crippen LogP) is 4.51. The molecule has 0 unspecified atom stereocenters. The van der Waals surface area contributed by atoms with Gasteiger partial charge in [-0.2, -0.15) is 0 Å². The Kier molecular flexibility index (Phi) is 5.21. The van der Waals surface area contributed by atoms with E-state index in [-0.39, 0.29) is 17.6 Å². The molecule has 1 aliphatic heterocycles. The summed E-state index contributed by atoms with van der Waals surface area (Å²) in [5.74, 6) is 1.58. The first-order valence-corrected chi connectivity index (χ1v) is 9.21. The van der Waals surface area contributed by atoms with E-state index in [4.69, 9.17) is 9.47 Å². The van der Waals surface area contributed by atoms with Gasteiger partial charge in [0, 0.05) is 23.6 Å². The minimum Gasteiger partial charge on any atom is -0.485 e. The molecule has 1 aliphatic rings. The van der Waals surface area contributed by atoms with Gasteiger partial charge in [-0.1, -0.05) is 31.2 Å². The lowest BCUT2D eigenvalue weighted by molar-refractivity contribution is 0.0939. The Morgan fingerprint density at radius 2 is 1.96 bits per heavy atom. The summed E-state index contributed by atoms with van der Waals surface area (Å²) < 4.78 is 12.0. The van der Waals surface area contributed by atoms with Crippen molar-refractivity contribution in [2.24, 2.45) is 0 Å². The van der Waals surface area contributed by atoms with Crippen molar-refractivity contribution in [3.63, 3.8) is 0 Å². The Balaban J connectivity index is 1.63. The van der Waals surface area contributed by atoms with Crippen LogP contribution in [-0.4, -0.2) is 17.6 Å². The van der Waals surface area contributed by atoms with Crippen molar-refractivity contribution < 1.29 is 14.3 Å². The number of rotatable bonds is 6. The van der Waals surface area contributed by atoms with Crippen LogP contribution in [0.5, 0.6) is 11.5 Å². The zero-order valence-electron chi connectivity index (χ0n) is 16.0. The summed E-state index contributed by atoms with van der Waals surface area (Å²) in [5, 5.41) is 2.97. The van der Waals surface area contributed by atoms with Crippen LogP contribution in [-0.2, 0) is 13.0 Å². The maximum atomic E-state index is 12.1. The van der Waals surface area contributed by atoms with Gasteiger partial charge in [-0.15, -0.1) is 0 Å². The lowest BCUT2D eigenvalue weighted by Gasteiger charge is -2.18. The number of nitrogens with one attached hydrogen (secondary N) is 1. The first-order chi connectivity index (χ1) is 12.4. The Morgan fingerprint density at radius 3 is 2.65 bits per heavy atom. The number of fused-ring (bicyclic) bond motifs is 1. The van der Waals surface area contributed by atoms with E-state index < -0.39 is 0 Å². The zero-order valence-corrected chi connectivity index (χ0v) is 16.0. The maximum Gasteiger partial charge on any atom is 0.251 e. The molecule has 0 saturated heterocycles. The van der Waals surface area contributed by atoms with Crippen molar-refractivity contribution in [2.75, 3.05) is 0 Å². The number of hydrogen-bond donors (Lipinski definition) is 1. The van der Waals surface area contributed by atoms with Crippen molar-refractivity contribution in [2.45, 2.75) is 58.8 Å². The fraction of sp³-hybridized carbons (Fsp3) is 0.409. The summed E-state index contributed by atoms with van der Waals surface area (Å²) in [6.07, 6.45) is 1.80. The number of para-hydroxylation sites is 1. The third-order valence-corrected chi connectivity index (χ3v) is 4.66. The molecule has 2 aromatic carbocycles. The number of hydrogen-bond acceptors (Lipinski definition) is 3. The molecule has 0 spiro atoms. The molecule has 3 rings (SSSR count). The highest BCUT2D eigenvalue weighted by Crippen LogP contribution is 2.41. The molecule has 1 heterocycles. The summed E-state index contributed by atoms with van der Waals surface area (Å²) in [5.41, 5.74) is 2.68. The zero-order chi connectivity index (χ0) is 18.7. The van der Waals surface area contributed by atoms with Crippen LogP contribution in [0.3, 0.4) is 0 Å². The van der Waals surface area contributed by atoms with E-state index >= 15 is 0 Å². The van der Waals surface area contributed by atoms with Gasteiger partial charge < -0.3 is 14.8 Å². The normalized spacial score (nSPS) is 15.7. The van der Waals surface area contributed by atoms with Gasteiger partial charge in [0.15, 0.2) is 11.5 Å². The second-order valence-corrected chi connectivity index (χ2v) is 7.55. The quantitative estimate of drug-likeness (QED) is 0.831. The first kappa shape index (κ1) is 18.3. The van der Waals surface area contributed by atoms with Crippen molar-refractivity contribution in [1.82, 2.24) is 5.32 Å². The standard InChI is InChI=1S/C22H27NO3/c1-5-15(2)23-21(24)17-11-9-16(10-12-17)14-25-19-8-6-7-18-13-22(3,4)26-20(18)19/h6-12,15H,5,13-14H2,1-4H3,(H,23,24)/t15-/m0/s1. The Morgan fingerprint density at radius 1 is 1.23 bits per heavy atom. The smallest absolute Gasteiger partial charge is 0.251 e. The highest BCUT2D eigenvalue weighted by molar-refractivity contribution is 5.94. The average molecular weight is 353 g/mol. The van der Waals surface area contributed by atoms with E-state index in [1.807, 2.05) is 43.3 Å². The third-order valence-electron chi connectivity index (χ3n) is 4.66. The van der Waals surface area contributed by atoms with Crippen molar-refractivity contribution in [3.05, 3.63) is 59.2 Å². The van der Waals surface area contributed by atoms with Gasteiger partial charge in [-0.25, -0.2) is 0 Å². The number of carbonyl (C=O) groups is 1. The van der Waals surface area contributed by atoms with Crippen molar-refractivity contribution in [1.29, 1.82) is 0 Å². The molecule has 138 valence electrons. The summed E-state index contributed by atoms with van der Waals surface area (Å²) >= 11 is 0. The molecule has 0 aliphatic carbocycles. The van der Waals surface area contributed by atoms with Crippen molar-refractivity contribution >= 4 is 5.91 Å². The third kappa shape index (κ3) is 4.18. The van der Waals surface area contributed by atoms with Crippen LogP contribution in [0, 0.1) is 0 Å². The molecule has 1 amide bonds. The number of amides is 1. The molecule has 0 radical (unpaired) electrons. The van der Waals surface area contributed by atoms with Crippen LogP contribution in [0.15, 0.2) is 42.5 Å². The van der Waals surface area contributed by atoms with Gasteiger partial charge in [0.2, 0.25) is 0 Å². The van der Waals surface area contributed by atoms with E-state index in [1.54, 1.807) is 0 Å². The van der Waals surface area contributed by atoms with Crippen molar-refractivity contribution in [3.8, 4) is 11.5 Å². The highest BCUT2D eigenvalue weighted by atomic mass is 16.5. The molecule has 0 fully saturated rings. The maximum absolute atomic E-state index is 12.1. The molecule has 26 heavy (non-hydrogen) atoms. The lowest BCUT2D eigenvalue weighted by Crippen LogP contribution is -2.31. The SMILES string of the molecule is CC[C@H](C)NC(=O)c1ccc(COc2cccc3c2OC(C)(C)C3)cc1. The second kappa shape index (κ2) is 7.40. The van der Waals surface area contributed by atoms with Crippen LogP contribution in [0.4, 0.5) is 0 Å². The minimum atomic E-state index is -0.188. The second-order valence-electron chi connectivity index (χ2n) is 7.55. The van der Waals surface area contributed by atoms with E-state index in [1.165, 1.54) is 5.56 Å². The van der Waals surface area contributed by atoms with Gasteiger partial charge in [-0.05, 0) is 51.0 Å². The molecule has 0 saturated carbocycles. The number of ether oxygens (including phenoxy) is 2. The van der Waals surface area contributed by atoms with Gasteiger partial charge in [0.25, 0.3) is 5.91 Å². The summed E-state index contributed by atoms with van der Waals surface area (Å²) in [7, 11) is 0. The highest BCUT2D eigenvalue weighted by Gasteiger charge is 2.32. The van der Waals surface area contributed by atoms with Gasteiger partial charge in [0.1, 0.15) is 12.2 Å². The Bertz CT molecular complexity index is 780. The fourth-order valence-electron chi connectivity index (χ4n) is 3.02. The van der Waals surface area contributed by atoms with Gasteiger partial charge in [-0.3, -0.25) is 4.79 Å². The molecule has 4 heteroatoms. The monoisotopic (exact) mass is 353 g/mol. The molecule has 0 bridgehead atoms. The lowest BCUT2D eigenvalue weighted by atomic mass is 10.0. The summed E-state index contributed by atoms with van der Waals surface area (Å²) in [4.78, 5) is 12.1. The molecule has 1 atom stereocenters. The summed E-state index contributed by atoms with van der Waals surface area (Å²) in [6, 6.07) is 13.7. The van der Waals surface area contributed by atoms with Gasteiger partial charge >= 0.3 is 0 Å². The van der Waals surface area contributed by atoms with Crippen LogP contribution in [0.1, 0.15) is 55.6 Å². The summed E-state index contributed by atoms with van der Waals surface area (Å²) in [6.45, 7) is 8.66. The Labute approximate surface area is 155 Å². The van der Waals surface area contributed by atoms with Crippen LogP contribution in [0.2, 0.25) is 0 Å². The largest absolute Gasteiger partial charge is 0.485 e. The molecular weight excluding hydrogens is 326 g/mol. The van der Waals surface area contributed by atoms with Crippen LogP contribution >= 0.6 is 0 Å². The number of carbonyl (C=O) groups excluding carboxylic acids is 1. The minimum absolute atomic E-state index is 0.0386. The molecule has 2 aromatic rings. The van der Waals surface area contributed by atoms with Gasteiger partial charge in [0.05, 0.1) is 0 Å². The van der Waals surface area contributed by atoms with E-state index in [2.05, 4.69) is 32.2 Å². The average Bonchev–Trinajstić information content (AvgIpc) is 2.94. The molecule has 0 aromatic heterocycles. The topological polar surface area (TPSA) is 47.6 Å². The van der Waals surface area contributed by atoms with Crippen LogP contribution < -0.4 is 14.8 Å². The van der Waals surface area contributed by atoms with E-state index in [0.29, 0.717) is 12.2 Å². The fourth-order valence-corrected chi connectivity index (χ4v) is 3.02. The Hall–Kier alpha value is -2.49. The number of benzene rings is 2.